The summed E-state index contributed by atoms with van der Waals surface area (Å²) < 4.78 is 0. The summed E-state index contributed by atoms with van der Waals surface area (Å²) in [6.07, 6.45) is 5.26. The molecule has 0 aliphatic carbocycles. The van der Waals surface area contributed by atoms with Gasteiger partial charge in [0.15, 0.2) is 0 Å². The molecular weight excluding hydrogens is 136 g/mol. The van der Waals surface area contributed by atoms with Crippen molar-refractivity contribution < 1.29 is 0 Å². The van der Waals surface area contributed by atoms with Crippen LogP contribution in [-0.4, -0.2) is 9.97 Å². The summed E-state index contributed by atoms with van der Waals surface area (Å²) in [6, 6.07) is 0. The van der Waals surface area contributed by atoms with Gasteiger partial charge in [0.2, 0.25) is 0 Å². The predicted octanol–water partition coefficient (Wildman–Crippen LogP) is 2.41. The van der Waals surface area contributed by atoms with Crippen LogP contribution in [0.2, 0.25) is 0 Å². The van der Waals surface area contributed by atoms with Gasteiger partial charge in [-0.15, -0.1) is 0 Å². The van der Waals surface area contributed by atoms with Crippen LogP contribution in [0.3, 0.4) is 0 Å². The number of hydrogen-bond donors (Lipinski definition) is 0. The maximum Gasteiger partial charge on any atom is 0.115 e. The number of hydrogen-bond acceptors (Lipinski definition) is 2. The third-order valence-electron chi connectivity index (χ3n) is 1.43. The second-order valence-electron chi connectivity index (χ2n) is 3.38. The second-order valence-corrected chi connectivity index (χ2v) is 3.38. The van der Waals surface area contributed by atoms with Gasteiger partial charge in [0, 0.05) is 12.4 Å². The van der Waals surface area contributed by atoms with Crippen LogP contribution in [0.25, 0.3) is 0 Å². The van der Waals surface area contributed by atoms with Crippen molar-refractivity contribution in [1.82, 2.24) is 9.97 Å². The van der Waals surface area contributed by atoms with Crippen molar-refractivity contribution in [3.8, 4) is 0 Å². The van der Waals surface area contributed by atoms with Crippen molar-refractivity contribution in [2.75, 3.05) is 0 Å². The smallest absolute Gasteiger partial charge is 0.115 e. The minimum Gasteiger partial charge on any atom is -0.245 e. The van der Waals surface area contributed by atoms with Crippen LogP contribution in [0.1, 0.15) is 33.8 Å². The van der Waals surface area contributed by atoms with Crippen LogP contribution in [0.4, 0.5) is 0 Å². The van der Waals surface area contributed by atoms with E-state index in [2.05, 4.69) is 30.7 Å². The zero-order valence-electron chi connectivity index (χ0n) is 6.63. The predicted molar refractivity (Wildman–Crippen MR) is 47.5 cm³/mol. The Labute approximate surface area is 68.7 Å². The molecule has 1 aromatic heterocycles. The summed E-state index contributed by atoms with van der Waals surface area (Å²) in [6.45, 7) is 6.43. The minimum absolute atomic E-state index is 0. The van der Waals surface area contributed by atoms with Crippen molar-refractivity contribution in [2.24, 2.45) is 0 Å². The maximum absolute atomic E-state index is 3.94. The van der Waals surface area contributed by atoms with Gasteiger partial charge in [-0.1, -0.05) is 28.2 Å². The monoisotopic (exact) mass is 152 g/mol. The fourth-order valence-corrected chi connectivity index (χ4v) is 0.686. The molecule has 0 spiro atoms. The molecule has 0 saturated carbocycles. The van der Waals surface area contributed by atoms with Gasteiger partial charge in [0.25, 0.3) is 0 Å². The highest BCUT2D eigenvalue weighted by Crippen LogP contribution is 2.19. The van der Waals surface area contributed by atoms with Crippen LogP contribution in [0.5, 0.6) is 0 Å². The third-order valence-corrected chi connectivity index (χ3v) is 1.43. The lowest BCUT2D eigenvalue weighted by atomic mass is 9.89. The number of rotatable bonds is 0. The molecule has 0 saturated heterocycles. The van der Waals surface area contributed by atoms with Crippen LogP contribution >= 0.6 is 0 Å². The van der Waals surface area contributed by atoms with E-state index < -0.39 is 0 Å². The van der Waals surface area contributed by atoms with Crippen molar-refractivity contribution in [2.45, 2.75) is 33.6 Å². The van der Waals surface area contributed by atoms with E-state index >= 15 is 0 Å². The molecule has 62 valence electrons. The Morgan fingerprint density at radius 3 is 1.82 bits per heavy atom. The van der Waals surface area contributed by atoms with Crippen LogP contribution in [0, 0.1) is 0 Å². The van der Waals surface area contributed by atoms with Gasteiger partial charge >= 0.3 is 0 Å². The van der Waals surface area contributed by atoms with Gasteiger partial charge < -0.3 is 0 Å². The first-order valence-corrected chi connectivity index (χ1v) is 3.36. The first-order valence-electron chi connectivity index (χ1n) is 3.36. The van der Waals surface area contributed by atoms with Gasteiger partial charge in [0.05, 0.1) is 0 Å². The summed E-state index contributed by atoms with van der Waals surface area (Å²) in [4.78, 5) is 7.88. The summed E-state index contributed by atoms with van der Waals surface area (Å²) in [5.41, 5.74) is 1.34. The number of aromatic nitrogens is 2. The van der Waals surface area contributed by atoms with Crippen LogP contribution in [0.15, 0.2) is 18.7 Å². The summed E-state index contributed by atoms with van der Waals surface area (Å²) >= 11 is 0. The fourth-order valence-electron chi connectivity index (χ4n) is 0.686. The SMILES string of the molecule is C.CC(C)(C)c1cncnc1. The average Bonchev–Trinajstić information content (AvgIpc) is 1.88. The Morgan fingerprint density at radius 1 is 1.09 bits per heavy atom. The first-order chi connectivity index (χ1) is 4.61. The highest BCUT2D eigenvalue weighted by molar-refractivity contribution is 5.13. The Balaban J connectivity index is 0.000001000. The van der Waals surface area contributed by atoms with Crippen molar-refractivity contribution in [3.05, 3.63) is 24.3 Å². The highest BCUT2D eigenvalue weighted by atomic mass is 14.8. The molecule has 0 radical (unpaired) electrons. The molecule has 0 bridgehead atoms. The van der Waals surface area contributed by atoms with E-state index in [9.17, 15) is 0 Å². The summed E-state index contributed by atoms with van der Waals surface area (Å²) in [5, 5.41) is 0. The minimum atomic E-state index is 0. The van der Waals surface area contributed by atoms with E-state index in [0.29, 0.717) is 0 Å². The van der Waals surface area contributed by atoms with E-state index in [0.717, 1.165) is 0 Å². The Hall–Kier alpha value is -0.920. The topological polar surface area (TPSA) is 25.8 Å². The van der Waals surface area contributed by atoms with Crippen LogP contribution < -0.4 is 0 Å². The molecule has 1 aromatic rings. The standard InChI is InChI=1S/C8H12N2.CH4/c1-8(2,3)7-4-9-6-10-5-7;/h4-6H,1-3H3;1H4. The molecule has 0 aliphatic heterocycles. The lowest BCUT2D eigenvalue weighted by Crippen LogP contribution is -2.11. The third kappa shape index (κ3) is 2.66. The van der Waals surface area contributed by atoms with E-state index in [1.165, 1.54) is 5.56 Å². The molecule has 2 heteroatoms. The maximum atomic E-state index is 3.94. The van der Waals surface area contributed by atoms with Gasteiger partial charge in [-0.05, 0) is 11.0 Å². The van der Waals surface area contributed by atoms with Gasteiger partial charge in [0.1, 0.15) is 6.33 Å². The second kappa shape index (κ2) is 3.46. The quantitative estimate of drug-likeness (QED) is 0.570. The van der Waals surface area contributed by atoms with Crippen molar-refractivity contribution in [1.29, 1.82) is 0 Å². The van der Waals surface area contributed by atoms with Crippen LogP contribution in [-0.2, 0) is 5.41 Å². The average molecular weight is 152 g/mol. The van der Waals surface area contributed by atoms with E-state index in [1.807, 2.05) is 12.4 Å². The van der Waals surface area contributed by atoms with Crippen molar-refractivity contribution in [3.63, 3.8) is 0 Å². The summed E-state index contributed by atoms with van der Waals surface area (Å²) in [7, 11) is 0. The van der Waals surface area contributed by atoms with Crippen molar-refractivity contribution >= 4 is 0 Å². The molecule has 0 unspecified atom stereocenters. The zero-order chi connectivity index (χ0) is 7.61. The zero-order valence-corrected chi connectivity index (χ0v) is 6.63. The van der Waals surface area contributed by atoms with E-state index in [4.69, 9.17) is 0 Å². The first kappa shape index (κ1) is 10.1. The Bertz CT molecular complexity index is 199. The largest absolute Gasteiger partial charge is 0.245 e. The lowest BCUT2D eigenvalue weighted by Gasteiger charge is -2.16. The molecule has 1 rings (SSSR count). The van der Waals surface area contributed by atoms with Gasteiger partial charge in [-0.25, -0.2) is 9.97 Å². The molecule has 0 fully saturated rings. The highest BCUT2D eigenvalue weighted by Gasteiger charge is 2.12. The molecule has 0 atom stereocenters. The fraction of sp³-hybridized carbons (Fsp3) is 0.556. The molecule has 2 nitrogen and oxygen atoms in total. The lowest BCUT2D eigenvalue weighted by molar-refractivity contribution is 0.584. The molecule has 1 heterocycles. The number of nitrogens with zero attached hydrogens (tertiary/aromatic N) is 2. The summed E-state index contributed by atoms with van der Waals surface area (Å²) in [5.74, 6) is 0. The molecule has 11 heavy (non-hydrogen) atoms. The van der Waals surface area contributed by atoms with Gasteiger partial charge in [-0.3, -0.25) is 0 Å². The Kier molecular flexibility index (Phi) is 3.18. The Morgan fingerprint density at radius 2 is 1.55 bits per heavy atom. The molecule has 0 N–H and O–H groups in total. The van der Waals surface area contributed by atoms with E-state index in [1.54, 1.807) is 6.33 Å². The normalized spacial score (nSPS) is 10.5. The molecular formula is C9H16N2. The van der Waals surface area contributed by atoms with Gasteiger partial charge in [-0.2, -0.15) is 0 Å². The van der Waals surface area contributed by atoms with E-state index in [-0.39, 0.29) is 12.8 Å². The molecule has 0 amide bonds. The molecule has 0 aromatic carbocycles. The molecule has 0 aliphatic rings.